The van der Waals surface area contributed by atoms with Crippen molar-refractivity contribution in [1.29, 1.82) is 0 Å². The zero-order chi connectivity index (χ0) is 10.6. The minimum atomic E-state index is -0.171. The Kier molecular flexibility index (Phi) is 4.06. The molecule has 80 valence electrons. The third-order valence-corrected chi connectivity index (χ3v) is 2.02. The van der Waals surface area contributed by atoms with Gasteiger partial charge < -0.3 is 15.6 Å². The Balaban J connectivity index is 2.72. The summed E-state index contributed by atoms with van der Waals surface area (Å²) in [5.41, 5.74) is 7.49. The van der Waals surface area contributed by atoms with Crippen LogP contribution in [0.15, 0.2) is 6.20 Å². The van der Waals surface area contributed by atoms with E-state index >= 15 is 0 Å². The van der Waals surface area contributed by atoms with Gasteiger partial charge in [-0.3, -0.25) is 4.68 Å². The first-order valence-electron chi connectivity index (χ1n) is 4.61. The summed E-state index contributed by atoms with van der Waals surface area (Å²) in [6.45, 7) is 2.62. The van der Waals surface area contributed by atoms with E-state index in [-0.39, 0.29) is 12.7 Å². The molecule has 3 N–H and O–H groups in total. The highest BCUT2D eigenvalue weighted by Crippen LogP contribution is 2.18. The van der Waals surface area contributed by atoms with E-state index in [4.69, 9.17) is 15.6 Å². The Morgan fingerprint density at radius 1 is 1.71 bits per heavy atom. The second-order valence-electron chi connectivity index (χ2n) is 3.16. The summed E-state index contributed by atoms with van der Waals surface area (Å²) in [5.74, 6) is 0. The lowest BCUT2D eigenvalue weighted by atomic mass is 10.1. The van der Waals surface area contributed by atoms with Gasteiger partial charge in [0.05, 0.1) is 25.0 Å². The smallest absolute Gasteiger partial charge is 0.0981 e. The van der Waals surface area contributed by atoms with E-state index in [1.54, 1.807) is 4.68 Å². The van der Waals surface area contributed by atoms with Crippen molar-refractivity contribution in [2.24, 2.45) is 12.8 Å². The number of nitrogens with two attached hydrogens (primary N) is 1. The minimum absolute atomic E-state index is 0.00973. The zero-order valence-electron chi connectivity index (χ0n) is 8.60. The maximum atomic E-state index is 8.65. The topological polar surface area (TPSA) is 73.3 Å². The van der Waals surface area contributed by atoms with E-state index in [2.05, 4.69) is 5.10 Å². The molecule has 1 atom stereocenters. The molecule has 1 aromatic heterocycles. The van der Waals surface area contributed by atoms with Crippen molar-refractivity contribution in [3.63, 3.8) is 0 Å². The van der Waals surface area contributed by atoms with E-state index in [9.17, 15) is 0 Å². The van der Waals surface area contributed by atoms with Crippen LogP contribution < -0.4 is 5.73 Å². The first-order chi connectivity index (χ1) is 6.69. The van der Waals surface area contributed by atoms with Crippen LogP contribution in [0.25, 0.3) is 0 Å². The normalized spacial score (nSPS) is 13.1. The van der Waals surface area contributed by atoms with Crippen LogP contribution in [-0.2, 0) is 11.8 Å². The molecule has 0 amide bonds. The van der Waals surface area contributed by atoms with Gasteiger partial charge in [0, 0.05) is 25.4 Å². The Morgan fingerprint density at radius 3 is 2.86 bits per heavy atom. The monoisotopic (exact) mass is 199 g/mol. The summed E-state index contributed by atoms with van der Waals surface area (Å²) < 4.78 is 7.12. The Hall–Kier alpha value is -0.910. The van der Waals surface area contributed by atoms with Crippen molar-refractivity contribution in [3.05, 3.63) is 17.5 Å². The molecule has 5 heteroatoms. The third-order valence-electron chi connectivity index (χ3n) is 2.02. The largest absolute Gasteiger partial charge is 0.394 e. The molecule has 1 heterocycles. The molecule has 0 aromatic carbocycles. The van der Waals surface area contributed by atoms with E-state index in [1.807, 2.05) is 20.2 Å². The first-order valence-corrected chi connectivity index (χ1v) is 4.61. The maximum Gasteiger partial charge on any atom is 0.0981 e. The highest BCUT2D eigenvalue weighted by atomic mass is 16.5. The van der Waals surface area contributed by atoms with Crippen LogP contribution in [0.3, 0.4) is 0 Å². The number of aliphatic hydroxyl groups is 1. The Labute approximate surface area is 83.5 Å². The molecular formula is C9H17N3O2. The van der Waals surface area contributed by atoms with Crippen LogP contribution >= 0.6 is 0 Å². The summed E-state index contributed by atoms with van der Waals surface area (Å²) in [6, 6.07) is 0. The van der Waals surface area contributed by atoms with E-state index in [1.165, 1.54) is 0 Å². The average molecular weight is 199 g/mol. The van der Waals surface area contributed by atoms with Crippen molar-refractivity contribution in [1.82, 2.24) is 9.78 Å². The quantitative estimate of drug-likeness (QED) is 0.685. The second kappa shape index (κ2) is 5.09. The molecule has 5 nitrogen and oxygen atoms in total. The van der Waals surface area contributed by atoms with E-state index in [0.29, 0.717) is 13.2 Å². The molecule has 0 radical (unpaired) electrons. The zero-order valence-corrected chi connectivity index (χ0v) is 8.60. The van der Waals surface area contributed by atoms with Crippen molar-refractivity contribution in [2.75, 3.05) is 19.8 Å². The summed E-state index contributed by atoms with van der Waals surface area (Å²) in [5, 5.41) is 12.9. The number of nitrogens with zero attached hydrogens (tertiary/aromatic N) is 2. The molecule has 0 spiro atoms. The van der Waals surface area contributed by atoms with Gasteiger partial charge >= 0.3 is 0 Å². The number of aliphatic hydroxyl groups excluding tert-OH is 1. The molecule has 1 rings (SSSR count). The Bertz CT molecular complexity index is 286. The third kappa shape index (κ3) is 2.54. The predicted molar refractivity (Wildman–Crippen MR) is 52.8 cm³/mol. The van der Waals surface area contributed by atoms with Crippen molar-refractivity contribution in [3.8, 4) is 0 Å². The molecule has 0 aliphatic carbocycles. The molecule has 14 heavy (non-hydrogen) atoms. The number of ether oxygens (including phenoxy) is 1. The van der Waals surface area contributed by atoms with Crippen LogP contribution in [0.4, 0.5) is 0 Å². The van der Waals surface area contributed by atoms with Gasteiger partial charge in [-0.05, 0) is 6.92 Å². The lowest BCUT2D eigenvalue weighted by molar-refractivity contribution is 0.0325. The second-order valence-corrected chi connectivity index (χ2v) is 3.16. The molecule has 0 saturated heterocycles. The molecule has 0 bridgehead atoms. The molecule has 1 unspecified atom stereocenters. The fourth-order valence-electron chi connectivity index (χ4n) is 1.41. The number of hydrogen-bond donors (Lipinski definition) is 2. The lowest BCUT2D eigenvalue weighted by Gasteiger charge is -2.14. The van der Waals surface area contributed by atoms with Crippen LogP contribution in [-0.4, -0.2) is 34.6 Å². The van der Waals surface area contributed by atoms with Gasteiger partial charge in [0.15, 0.2) is 0 Å². The molecule has 0 fully saturated rings. The van der Waals surface area contributed by atoms with Gasteiger partial charge in [-0.25, -0.2) is 0 Å². The van der Waals surface area contributed by atoms with Gasteiger partial charge in [-0.1, -0.05) is 0 Å². The van der Waals surface area contributed by atoms with Crippen LogP contribution in [0, 0.1) is 6.92 Å². The Morgan fingerprint density at radius 2 is 2.43 bits per heavy atom. The van der Waals surface area contributed by atoms with Crippen LogP contribution in [0.5, 0.6) is 0 Å². The number of aryl methyl sites for hydroxylation is 2. The summed E-state index contributed by atoms with van der Waals surface area (Å²) in [4.78, 5) is 0. The van der Waals surface area contributed by atoms with Crippen molar-refractivity contribution in [2.45, 2.75) is 13.0 Å². The van der Waals surface area contributed by atoms with Crippen LogP contribution in [0.2, 0.25) is 0 Å². The van der Waals surface area contributed by atoms with E-state index < -0.39 is 0 Å². The predicted octanol–water partition coefficient (Wildman–Crippen LogP) is -0.263. The molecule has 0 saturated carbocycles. The van der Waals surface area contributed by atoms with Gasteiger partial charge in [-0.15, -0.1) is 0 Å². The number of rotatable bonds is 5. The fourth-order valence-corrected chi connectivity index (χ4v) is 1.41. The fraction of sp³-hybridized carbons (Fsp3) is 0.667. The molecule has 0 aliphatic rings. The lowest BCUT2D eigenvalue weighted by Crippen LogP contribution is -2.17. The highest BCUT2D eigenvalue weighted by molar-refractivity contribution is 5.18. The van der Waals surface area contributed by atoms with Crippen molar-refractivity contribution >= 4 is 0 Å². The van der Waals surface area contributed by atoms with Crippen molar-refractivity contribution < 1.29 is 9.84 Å². The minimum Gasteiger partial charge on any atom is -0.394 e. The molecule has 1 aromatic rings. The number of aromatic nitrogens is 2. The molecule has 0 aliphatic heterocycles. The number of hydrogen-bond acceptors (Lipinski definition) is 4. The van der Waals surface area contributed by atoms with Gasteiger partial charge in [0.25, 0.3) is 0 Å². The first kappa shape index (κ1) is 11.2. The standard InChI is InChI=1S/C9H17N3O2/c1-7-8(6-12(2)11-7)9(5-10)14-4-3-13/h6,9,13H,3-5,10H2,1-2H3. The van der Waals surface area contributed by atoms with Gasteiger partial charge in [-0.2, -0.15) is 5.10 Å². The summed E-state index contributed by atoms with van der Waals surface area (Å²) in [6.07, 6.45) is 1.72. The van der Waals surface area contributed by atoms with Crippen LogP contribution in [0.1, 0.15) is 17.4 Å². The highest BCUT2D eigenvalue weighted by Gasteiger charge is 2.15. The molecular weight excluding hydrogens is 182 g/mol. The maximum absolute atomic E-state index is 8.65. The van der Waals surface area contributed by atoms with Gasteiger partial charge in [0.1, 0.15) is 0 Å². The summed E-state index contributed by atoms with van der Waals surface area (Å²) in [7, 11) is 1.86. The van der Waals surface area contributed by atoms with Gasteiger partial charge in [0.2, 0.25) is 0 Å². The average Bonchev–Trinajstić information content (AvgIpc) is 2.47. The SMILES string of the molecule is Cc1nn(C)cc1C(CN)OCCO. The van der Waals surface area contributed by atoms with E-state index in [0.717, 1.165) is 11.3 Å². The summed E-state index contributed by atoms with van der Waals surface area (Å²) >= 11 is 0.